The lowest BCUT2D eigenvalue weighted by Gasteiger charge is -2.30. The Morgan fingerprint density at radius 1 is 1.46 bits per heavy atom. The molecule has 0 fully saturated rings. The molecule has 0 unspecified atom stereocenters. The van der Waals surface area contributed by atoms with Gasteiger partial charge in [0.05, 0.1) is 0 Å². The molecule has 0 saturated carbocycles. The van der Waals surface area contributed by atoms with E-state index in [-0.39, 0.29) is 5.78 Å². The highest BCUT2D eigenvalue weighted by molar-refractivity contribution is 5.88. The van der Waals surface area contributed by atoms with E-state index in [1.165, 1.54) is 11.1 Å². The molecule has 0 N–H and O–H groups in total. The molecule has 13 heavy (non-hydrogen) atoms. The van der Waals surface area contributed by atoms with Gasteiger partial charge in [0.2, 0.25) is 0 Å². The normalized spacial score (nSPS) is 24.3. The van der Waals surface area contributed by atoms with Crippen molar-refractivity contribution in [2.24, 2.45) is 5.41 Å². The van der Waals surface area contributed by atoms with Gasteiger partial charge < -0.3 is 0 Å². The van der Waals surface area contributed by atoms with E-state index in [1.54, 1.807) is 13.0 Å². The smallest absolute Gasteiger partial charge is 0.152 e. The van der Waals surface area contributed by atoms with Gasteiger partial charge in [-0.25, -0.2) is 0 Å². The van der Waals surface area contributed by atoms with Crippen molar-refractivity contribution in [1.82, 2.24) is 0 Å². The Bertz CT molecular complexity index is 279. The molecule has 0 saturated heterocycles. The zero-order valence-corrected chi connectivity index (χ0v) is 8.98. The largest absolute Gasteiger partial charge is 0.295 e. The minimum atomic E-state index is 0.150. The van der Waals surface area contributed by atoms with E-state index in [0.29, 0.717) is 5.41 Å². The third-order valence-electron chi connectivity index (χ3n) is 2.26. The van der Waals surface area contributed by atoms with Crippen LogP contribution in [0.15, 0.2) is 23.3 Å². The molecule has 1 rings (SSSR count). The van der Waals surface area contributed by atoms with Crippen LogP contribution in [0.3, 0.4) is 0 Å². The minimum absolute atomic E-state index is 0.150. The molecular weight excluding hydrogens is 160 g/mol. The molecule has 1 aliphatic rings. The quantitative estimate of drug-likeness (QED) is 0.563. The highest BCUT2D eigenvalue weighted by Gasteiger charge is 2.23. The number of hydrogen-bond acceptors (Lipinski definition) is 1. The minimum Gasteiger partial charge on any atom is -0.295 e. The van der Waals surface area contributed by atoms with Crippen molar-refractivity contribution in [3.05, 3.63) is 23.3 Å². The van der Waals surface area contributed by atoms with Crippen LogP contribution in [0.25, 0.3) is 0 Å². The Kier molecular flexibility index (Phi) is 2.74. The van der Waals surface area contributed by atoms with Gasteiger partial charge in [-0.05, 0) is 43.8 Å². The van der Waals surface area contributed by atoms with Crippen molar-refractivity contribution in [2.45, 2.75) is 40.5 Å². The summed E-state index contributed by atoms with van der Waals surface area (Å²) in [6, 6.07) is 0. The fraction of sp³-hybridized carbons (Fsp3) is 0.583. The number of hydrogen-bond donors (Lipinski definition) is 0. The van der Waals surface area contributed by atoms with Crippen molar-refractivity contribution in [3.8, 4) is 0 Å². The molecule has 1 nitrogen and oxygen atoms in total. The van der Waals surface area contributed by atoms with Gasteiger partial charge >= 0.3 is 0 Å². The topological polar surface area (TPSA) is 17.1 Å². The Morgan fingerprint density at radius 2 is 2.08 bits per heavy atom. The molecule has 0 aromatic rings. The first kappa shape index (κ1) is 10.2. The standard InChI is InChI=1S/C12H18O/c1-9-5-11(6-10(2)13)8-12(3,4)7-9/h5-6H,7-8H2,1-4H3/b11-6+. The molecule has 72 valence electrons. The van der Waals surface area contributed by atoms with E-state index in [0.717, 1.165) is 12.8 Å². The van der Waals surface area contributed by atoms with Gasteiger partial charge in [-0.15, -0.1) is 0 Å². The van der Waals surface area contributed by atoms with Gasteiger partial charge in [0.1, 0.15) is 0 Å². The van der Waals surface area contributed by atoms with Crippen molar-refractivity contribution < 1.29 is 4.79 Å². The number of rotatable bonds is 1. The molecule has 0 heterocycles. The highest BCUT2D eigenvalue weighted by atomic mass is 16.1. The van der Waals surface area contributed by atoms with Gasteiger partial charge in [0, 0.05) is 0 Å². The van der Waals surface area contributed by atoms with E-state index >= 15 is 0 Å². The van der Waals surface area contributed by atoms with E-state index in [1.807, 2.05) is 0 Å². The Morgan fingerprint density at radius 3 is 2.54 bits per heavy atom. The monoisotopic (exact) mass is 178 g/mol. The summed E-state index contributed by atoms with van der Waals surface area (Å²) in [5, 5.41) is 0. The van der Waals surface area contributed by atoms with Crippen molar-refractivity contribution in [1.29, 1.82) is 0 Å². The maximum atomic E-state index is 10.9. The molecule has 0 spiro atoms. The van der Waals surface area contributed by atoms with Crippen LogP contribution in [0.5, 0.6) is 0 Å². The summed E-state index contributed by atoms with van der Waals surface area (Å²) in [5.41, 5.74) is 2.88. The molecule has 0 amide bonds. The van der Waals surface area contributed by atoms with E-state index < -0.39 is 0 Å². The predicted molar refractivity (Wildman–Crippen MR) is 55.5 cm³/mol. The average molecular weight is 178 g/mol. The Hall–Kier alpha value is -0.850. The second kappa shape index (κ2) is 3.49. The molecule has 0 aromatic heterocycles. The molecule has 1 heteroatoms. The molecule has 0 aliphatic heterocycles. The zero-order valence-electron chi connectivity index (χ0n) is 8.98. The van der Waals surface area contributed by atoms with Crippen LogP contribution in [-0.2, 0) is 4.79 Å². The van der Waals surface area contributed by atoms with Crippen LogP contribution >= 0.6 is 0 Å². The summed E-state index contributed by atoms with van der Waals surface area (Å²) < 4.78 is 0. The molecule has 0 radical (unpaired) electrons. The fourth-order valence-electron chi connectivity index (χ4n) is 2.14. The van der Waals surface area contributed by atoms with Gasteiger partial charge in [-0.1, -0.05) is 25.5 Å². The number of carbonyl (C=O) groups excluding carboxylic acids is 1. The second-order valence-corrected chi connectivity index (χ2v) is 4.84. The second-order valence-electron chi connectivity index (χ2n) is 4.84. The molecular formula is C12H18O. The van der Waals surface area contributed by atoms with Gasteiger partial charge in [0.25, 0.3) is 0 Å². The third-order valence-corrected chi connectivity index (χ3v) is 2.26. The van der Waals surface area contributed by atoms with Gasteiger partial charge in [0.15, 0.2) is 5.78 Å². The van der Waals surface area contributed by atoms with Crippen LogP contribution < -0.4 is 0 Å². The van der Waals surface area contributed by atoms with Crippen LogP contribution in [-0.4, -0.2) is 5.78 Å². The summed E-state index contributed by atoms with van der Waals surface area (Å²) in [4.78, 5) is 10.9. The lowest BCUT2D eigenvalue weighted by atomic mass is 9.75. The molecule has 0 aromatic carbocycles. The van der Waals surface area contributed by atoms with Crippen molar-refractivity contribution >= 4 is 5.78 Å². The first-order chi connectivity index (χ1) is 5.89. The summed E-state index contributed by atoms with van der Waals surface area (Å²) in [5.74, 6) is 0.150. The molecule has 1 aliphatic carbocycles. The lowest BCUT2D eigenvalue weighted by Crippen LogP contribution is -2.16. The number of carbonyl (C=O) groups is 1. The maximum Gasteiger partial charge on any atom is 0.152 e. The van der Waals surface area contributed by atoms with Crippen LogP contribution in [0, 0.1) is 5.41 Å². The summed E-state index contributed by atoms with van der Waals surface area (Å²) >= 11 is 0. The lowest BCUT2D eigenvalue weighted by molar-refractivity contribution is -0.112. The average Bonchev–Trinajstić information content (AvgIpc) is 1.78. The van der Waals surface area contributed by atoms with E-state index in [4.69, 9.17) is 0 Å². The van der Waals surface area contributed by atoms with E-state index in [2.05, 4.69) is 26.8 Å². The number of ketones is 1. The van der Waals surface area contributed by atoms with Crippen LogP contribution in [0.4, 0.5) is 0 Å². The maximum absolute atomic E-state index is 10.9. The van der Waals surface area contributed by atoms with Crippen molar-refractivity contribution in [2.75, 3.05) is 0 Å². The Balaban J connectivity index is 2.91. The summed E-state index contributed by atoms with van der Waals surface area (Å²) in [6.45, 7) is 8.24. The van der Waals surface area contributed by atoms with Gasteiger partial charge in [-0.3, -0.25) is 4.79 Å². The van der Waals surface area contributed by atoms with Crippen LogP contribution in [0.1, 0.15) is 40.5 Å². The first-order valence-electron chi connectivity index (χ1n) is 4.77. The molecule has 0 atom stereocenters. The van der Waals surface area contributed by atoms with Gasteiger partial charge in [-0.2, -0.15) is 0 Å². The first-order valence-corrected chi connectivity index (χ1v) is 4.77. The van der Waals surface area contributed by atoms with E-state index in [9.17, 15) is 4.79 Å². The highest BCUT2D eigenvalue weighted by Crippen LogP contribution is 2.37. The van der Waals surface area contributed by atoms with Crippen molar-refractivity contribution in [3.63, 3.8) is 0 Å². The zero-order chi connectivity index (χ0) is 10.1. The molecule has 0 bridgehead atoms. The third kappa shape index (κ3) is 3.17. The summed E-state index contributed by atoms with van der Waals surface area (Å²) in [7, 11) is 0. The predicted octanol–water partition coefficient (Wildman–Crippen LogP) is 3.27. The fourth-order valence-corrected chi connectivity index (χ4v) is 2.14. The van der Waals surface area contributed by atoms with Crippen LogP contribution in [0.2, 0.25) is 0 Å². The SMILES string of the molecule is CC(=O)/C=C1\C=C(C)CC(C)(C)C1. The summed E-state index contributed by atoms with van der Waals surface area (Å²) in [6.07, 6.45) is 6.06. The Labute approximate surface area is 80.5 Å². The number of allylic oxidation sites excluding steroid dienone is 4.